The molecule has 22 heavy (non-hydrogen) atoms. The second-order valence-electron chi connectivity index (χ2n) is 5.95. The second kappa shape index (κ2) is 6.40. The smallest absolute Gasteiger partial charge is 0.123 e. The fraction of sp³-hybridized carbons (Fsp3) is 0.471. The molecule has 0 saturated carbocycles. The molecule has 5 nitrogen and oxygen atoms in total. The fourth-order valence-corrected chi connectivity index (χ4v) is 2.87. The van der Waals surface area contributed by atoms with Gasteiger partial charge in [-0.15, -0.1) is 0 Å². The van der Waals surface area contributed by atoms with Gasteiger partial charge in [0.1, 0.15) is 17.6 Å². The Morgan fingerprint density at radius 2 is 2.36 bits per heavy atom. The lowest BCUT2D eigenvalue weighted by molar-refractivity contribution is 0.254. The molecule has 0 fully saturated rings. The van der Waals surface area contributed by atoms with E-state index in [2.05, 4.69) is 40.8 Å². The summed E-state index contributed by atoms with van der Waals surface area (Å²) < 4.78 is 13.4. The first-order valence-corrected chi connectivity index (χ1v) is 7.71. The third-order valence-corrected chi connectivity index (χ3v) is 3.98. The Morgan fingerprint density at radius 1 is 1.50 bits per heavy atom. The fourth-order valence-electron chi connectivity index (χ4n) is 2.87. The van der Waals surface area contributed by atoms with Gasteiger partial charge in [0.05, 0.1) is 13.4 Å². The molecular weight excluding hydrogens is 278 g/mol. The molecule has 0 spiro atoms. The van der Waals surface area contributed by atoms with Crippen LogP contribution in [0, 0.1) is 0 Å². The van der Waals surface area contributed by atoms with E-state index in [-0.39, 0.29) is 6.10 Å². The van der Waals surface area contributed by atoms with Crippen molar-refractivity contribution in [1.82, 2.24) is 14.9 Å². The maximum Gasteiger partial charge on any atom is 0.123 e. The van der Waals surface area contributed by atoms with E-state index in [1.165, 1.54) is 5.56 Å². The molecule has 1 aromatic heterocycles. The summed E-state index contributed by atoms with van der Waals surface area (Å²) in [5.74, 6) is 1.92. The second-order valence-corrected chi connectivity index (χ2v) is 5.95. The Morgan fingerprint density at radius 3 is 3.09 bits per heavy atom. The monoisotopic (exact) mass is 301 g/mol. The summed E-state index contributed by atoms with van der Waals surface area (Å²) in [4.78, 5) is 4.07. The Bertz CT molecular complexity index is 625. The van der Waals surface area contributed by atoms with Crippen molar-refractivity contribution in [2.75, 3.05) is 7.11 Å². The molecule has 2 aromatic rings. The van der Waals surface area contributed by atoms with Crippen LogP contribution in [0.4, 0.5) is 0 Å². The lowest BCUT2D eigenvalue weighted by Crippen LogP contribution is -2.29. The topological polar surface area (TPSA) is 48.3 Å². The summed E-state index contributed by atoms with van der Waals surface area (Å²) in [5, 5.41) is 3.53. The van der Waals surface area contributed by atoms with Crippen LogP contribution in [0.25, 0.3) is 0 Å². The van der Waals surface area contributed by atoms with Gasteiger partial charge in [-0.1, -0.05) is 0 Å². The van der Waals surface area contributed by atoms with Gasteiger partial charge in [-0.05, 0) is 26.0 Å². The van der Waals surface area contributed by atoms with Crippen molar-refractivity contribution in [2.24, 2.45) is 0 Å². The number of methoxy groups -OCH3 is 1. The highest BCUT2D eigenvalue weighted by molar-refractivity contribution is 5.48. The lowest BCUT2D eigenvalue weighted by atomic mass is 10.1. The Hall–Kier alpha value is -2.01. The Kier molecular flexibility index (Phi) is 4.34. The normalized spacial score (nSPS) is 17.9. The van der Waals surface area contributed by atoms with Crippen molar-refractivity contribution in [1.29, 1.82) is 0 Å². The van der Waals surface area contributed by atoms with E-state index in [1.807, 2.05) is 12.5 Å². The minimum Gasteiger partial charge on any atom is -0.496 e. The number of aromatic nitrogens is 2. The van der Waals surface area contributed by atoms with Gasteiger partial charge >= 0.3 is 0 Å². The van der Waals surface area contributed by atoms with E-state index in [0.717, 1.165) is 36.6 Å². The first kappa shape index (κ1) is 14.9. The molecule has 0 aliphatic carbocycles. The molecule has 1 aliphatic rings. The van der Waals surface area contributed by atoms with Gasteiger partial charge in [-0.25, -0.2) is 4.98 Å². The van der Waals surface area contributed by atoms with E-state index in [9.17, 15) is 0 Å². The standard InChI is InChI=1S/C17H23N3O2/c1-12(10-20-5-4-18-11-20)19-9-15-8-17-14(6-13(2)22-17)7-16(15)21-3/h4-5,7-8,11-13,19H,6,9-10H2,1-3H3/t12-,13+/m0/s1. The minimum atomic E-state index is 0.253. The van der Waals surface area contributed by atoms with E-state index in [4.69, 9.17) is 9.47 Å². The van der Waals surface area contributed by atoms with Crippen LogP contribution >= 0.6 is 0 Å². The van der Waals surface area contributed by atoms with E-state index in [0.29, 0.717) is 6.04 Å². The summed E-state index contributed by atoms with van der Waals surface area (Å²) in [7, 11) is 1.72. The largest absolute Gasteiger partial charge is 0.496 e. The summed E-state index contributed by atoms with van der Waals surface area (Å²) in [6.45, 7) is 5.90. The highest BCUT2D eigenvalue weighted by Gasteiger charge is 2.21. The number of fused-ring (bicyclic) bond motifs is 1. The van der Waals surface area contributed by atoms with Crippen LogP contribution in [0.1, 0.15) is 25.0 Å². The molecule has 0 saturated heterocycles. The molecule has 0 amide bonds. The number of hydrogen-bond donors (Lipinski definition) is 1. The third kappa shape index (κ3) is 3.25. The molecule has 118 valence electrons. The maximum atomic E-state index is 5.84. The summed E-state index contributed by atoms with van der Waals surface area (Å²) in [5.41, 5.74) is 2.37. The Balaban J connectivity index is 1.66. The number of imidazole rings is 1. The van der Waals surface area contributed by atoms with Crippen molar-refractivity contribution in [3.63, 3.8) is 0 Å². The van der Waals surface area contributed by atoms with E-state index >= 15 is 0 Å². The molecule has 1 aromatic carbocycles. The molecule has 0 unspecified atom stereocenters. The van der Waals surface area contributed by atoms with Crippen LogP contribution in [0.5, 0.6) is 11.5 Å². The van der Waals surface area contributed by atoms with Crippen molar-refractivity contribution in [3.05, 3.63) is 42.0 Å². The first-order valence-electron chi connectivity index (χ1n) is 7.71. The van der Waals surface area contributed by atoms with Gasteiger partial charge in [0.15, 0.2) is 0 Å². The van der Waals surface area contributed by atoms with Crippen molar-refractivity contribution in [2.45, 2.75) is 45.5 Å². The van der Waals surface area contributed by atoms with Crippen molar-refractivity contribution >= 4 is 0 Å². The number of ether oxygens (including phenoxy) is 2. The molecular formula is C17H23N3O2. The summed E-state index contributed by atoms with van der Waals surface area (Å²) in [6, 6.07) is 4.55. The highest BCUT2D eigenvalue weighted by Crippen LogP contribution is 2.34. The highest BCUT2D eigenvalue weighted by atomic mass is 16.5. The average molecular weight is 301 g/mol. The third-order valence-electron chi connectivity index (χ3n) is 3.98. The molecule has 2 heterocycles. The zero-order valence-corrected chi connectivity index (χ0v) is 13.4. The average Bonchev–Trinajstić information content (AvgIpc) is 3.11. The van der Waals surface area contributed by atoms with Crippen molar-refractivity contribution in [3.8, 4) is 11.5 Å². The van der Waals surface area contributed by atoms with Crippen molar-refractivity contribution < 1.29 is 9.47 Å². The van der Waals surface area contributed by atoms with Gasteiger partial charge in [0, 0.05) is 49.1 Å². The van der Waals surface area contributed by atoms with E-state index < -0.39 is 0 Å². The zero-order chi connectivity index (χ0) is 15.5. The molecule has 1 aliphatic heterocycles. The van der Waals surface area contributed by atoms with Gasteiger partial charge in [-0.3, -0.25) is 0 Å². The maximum absolute atomic E-state index is 5.84. The quantitative estimate of drug-likeness (QED) is 0.890. The SMILES string of the molecule is COc1cc2c(cc1CN[C@@H](C)Cn1ccnc1)O[C@H](C)C2. The van der Waals surface area contributed by atoms with Crippen LogP contribution in [0.3, 0.4) is 0 Å². The molecule has 1 N–H and O–H groups in total. The molecule has 5 heteroatoms. The van der Waals surface area contributed by atoms with Crippen LogP contribution in [-0.4, -0.2) is 28.8 Å². The summed E-state index contributed by atoms with van der Waals surface area (Å²) >= 11 is 0. The number of rotatable bonds is 6. The van der Waals surface area contributed by atoms with Crippen LogP contribution in [0.2, 0.25) is 0 Å². The first-order chi connectivity index (χ1) is 10.7. The molecule has 2 atom stereocenters. The van der Waals surface area contributed by atoms with Crippen LogP contribution in [0.15, 0.2) is 30.9 Å². The van der Waals surface area contributed by atoms with E-state index in [1.54, 1.807) is 13.3 Å². The van der Waals surface area contributed by atoms with Gasteiger partial charge in [0.25, 0.3) is 0 Å². The van der Waals surface area contributed by atoms with Gasteiger partial charge < -0.3 is 19.4 Å². The predicted octanol–water partition coefficient (Wildman–Crippen LogP) is 2.39. The minimum absolute atomic E-state index is 0.253. The van der Waals surface area contributed by atoms with Gasteiger partial charge in [0.2, 0.25) is 0 Å². The molecule has 0 bridgehead atoms. The molecule has 3 rings (SSSR count). The predicted molar refractivity (Wildman–Crippen MR) is 85.3 cm³/mol. The van der Waals surface area contributed by atoms with Gasteiger partial charge in [-0.2, -0.15) is 0 Å². The summed E-state index contributed by atoms with van der Waals surface area (Å²) in [6.07, 6.45) is 6.82. The number of benzene rings is 1. The van der Waals surface area contributed by atoms with Crippen LogP contribution in [-0.2, 0) is 19.5 Å². The lowest BCUT2D eigenvalue weighted by Gasteiger charge is -2.16. The molecule has 0 radical (unpaired) electrons. The number of nitrogens with one attached hydrogen (secondary N) is 1. The number of hydrogen-bond acceptors (Lipinski definition) is 4. The zero-order valence-electron chi connectivity index (χ0n) is 13.4. The number of nitrogens with zero attached hydrogens (tertiary/aromatic N) is 2. The Labute approximate surface area is 131 Å². The van der Waals surface area contributed by atoms with Crippen LogP contribution < -0.4 is 14.8 Å².